The molecule has 1 aliphatic heterocycles. The van der Waals surface area contributed by atoms with Crippen LogP contribution in [-0.2, 0) is 23.2 Å². The molecule has 2 aliphatic rings. The molecule has 0 atom stereocenters. The molecule has 80 valence electrons. The quantitative estimate of drug-likeness (QED) is 0.761. The third kappa shape index (κ3) is 1.21. The highest BCUT2D eigenvalue weighted by Gasteiger charge is 2.49. The van der Waals surface area contributed by atoms with E-state index in [2.05, 4.69) is 6.92 Å². The number of aryl methyl sites for hydroxylation is 1. The molecule has 0 saturated heterocycles. The summed E-state index contributed by atoms with van der Waals surface area (Å²) < 4.78 is 5.66. The highest BCUT2D eigenvalue weighted by atomic mass is 16.5. The zero-order valence-electron chi connectivity index (χ0n) is 9.05. The van der Waals surface area contributed by atoms with E-state index in [0.29, 0.717) is 12.4 Å². The summed E-state index contributed by atoms with van der Waals surface area (Å²) in [7, 11) is 0. The van der Waals surface area contributed by atoms with Gasteiger partial charge in [0.1, 0.15) is 5.75 Å². The molecule has 1 aliphatic carbocycles. The lowest BCUT2D eigenvalue weighted by atomic mass is 9.86. The van der Waals surface area contributed by atoms with Crippen LogP contribution in [0, 0.1) is 0 Å². The van der Waals surface area contributed by atoms with Gasteiger partial charge >= 0.3 is 0 Å². The second kappa shape index (κ2) is 2.99. The summed E-state index contributed by atoms with van der Waals surface area (Å²) in [5, 5.41) is 10.00. The fourth-order valence-electron chi connectivity index (χ4n) is 2.73. The number of phenolic OH excluding ortho intramolecular Hbond substituents is 1. The largest absolute Gasteiger partial charge is 0.508 e. The topological polar surface area (TPSA) is 29.5 Å². The SMILES string of the molecule is CCc1ccc(O)c2c1COCC21CC1. The number of benzene rings is 1. The van der Waals surface area contributed by atoms with Gasteiger partial charge in [0.15, 0.2) is 0 Å². The fourth-order valence-corrected chi connectivity index (χ4v) is 2.73. The molecule has 3 rings (SSSR count). The molecule has 0 unspecified atom stereocenters. The Labute approximate surface area is 89.9 Å². The first kappa shape index (κ1) is 9.22. The van der Waals surface area contributed by atoms with Gasteiger partial charge in [0.25, 0.3) is 0 Å². The molecule has 0 amide bonds. The van der Waals surface area contributed by atoms with Gasteiger partial charge in [0, 0.05) is 11.0 Å². The maximum atomic E-state index is 10.00. The summed E-state index contributed by atoms with van der Waals surface area (Å²) in [5.41, 5.74) is 3.94. The zero-order chi connectivity index (χ0) is 10.5. The highest BCUT2D eigenvalue weighted by Crippen LogP contribution is 2.55. The molecule has 1 heterocycles. The maximum absolute atomic E-state index is 10.00. The van der Waals surface area contributed by atoms with Gasteiger partial charge in [-0.05, 0) is 36.5 Å². The predicted molar refractivity (Wildman–Crippen MR) is 58.1 cm³/mol. The van der Waals surface area contributed by atoms with Crippen molar-refractivity contribution in [3.63, 3.8) is 0 Å². The zero-order valence-corrected chi connectivity index (χ0v) is 9.05. The van der Waals surface area contributed by atoms with Gasteiger partial charge in [-0.25, -0.2) is 0 Å². The molecule has 1 saturated carbocycles. The smallest absolute Gasteiger partial charge is 0.119 e. The number of rotatable bonds is 1. The third-order valence-electron chi connectivity index (χ3n) is 3.78. The second-order valence-corrected chi connectivity index (χ2v) is 4.72. The lowest BCUT2D eigenvalue weighted by molar-refractivity contribution is 0.0819. The first-order valence-electron chi connectivity index (χ1n) is 5.69. The second-order valence-electron chi connectivity index (χ2n) is 4.72. The minimum atomic E-state index is 0.169. The fraction of sp³-hybridized carbons (Fsp3) is 0.538. The van der Waals surface area contributed by atoms with Crippen molar-refractivity contribution in [1.82, 2.24) is 0 Å². The van der Waals surface area contributed by atoms with E-state index in [9.17, 15) is 5.11 Å². The van der Waals surface area contributed by atoms with E-state index in [0.717, 1.165) is 13.0 Å². The van der Waals surface area contributed by atoms with Crippen LogP contribution in [0.3, 0.4) is 0 Å². The molecule has 2 heteroatoms. The van der Waals surface area contributed by atoms with Crippen LogP contribution in [0.4, 0.5) is 0 Å². The van der Waals surface area contributed by atoms with E-state index >= 15 is 0 Å². The Morgan fingerprint density at radius 2 is 2.20 bits per heavy atom. The van der Waals surface area contributed by atoms with E-state index in [-0.39, 0.29) is 5.41 Å². The van der Waals surface area contributed by atoms with Crippen molar-refractivity contribution in [2.45, 2.75) is 38.2 Å². The molecule has 0 aromatic heterocycles. The van der Waals surface area contributed by atoms with Crippen LogP contribution >= 0.6 is 0 Å². The summed E-state index contributed by atoms with van der Waals surface area (Å²) in [6, 6.07) is 3.88. The van der Waals surface area contributed by atoms with Crippen LogP contribution in [0.5, 0.6) is 5.75 Å². The number of aromatic hydroxyl groups is 1. The van der Waals surface area contributed by atoms with Crippen LogP contribution in [0.2, 0.25) is 0 Å². The molecule has 0 bridgehead atoms. The minimum absolute atomic E-state index is 0.169. The van der Waals surface area contributed by atoms with Gasteiger partial charge in [0.05, 0.1) is 13.2 Å². The van der Waals surface area contributed by atoms with Gasteiger partial charge in [-0.3, -0.25) is 0 Å². The van der Waals surface area contributed by atoms with Crippen molar-refractivity contribution < 1.29 is 9.84 Å². The van der Waals surface area contributed by atoms with Crippen molar-refractivity contribution >= 4 is 0 Å². The molecular weight excluding hydrogens is 188 g/mol. The Bertz CT molecular complexity index is 405. The summed E-state index contributed by atoms with van der Waals surface area (Å²) in [6.07, 6.45) is 3.35. The highest BCUT2D eigenvalue weighted by molar-refractivity contribution is 5.52. The van der Waals surface area contributed by atoms with Crippen molar-refractivity contribution in [3.05, 3.63) is 28.8 Å². The predicted octanol–water partition coefficient (Wildman–Crippen LogP) is 2.52. The van der Waals surface area contributed by atoms with Crippen molar-refractivity contribution in [1.29, 1.82) is 0 Å². The molecular formula is C13H16O2. The lowest BCUT2D eigenvalue weighted by Crippen LogP contribution is -2.24. The maximum Gasteiger partial charge on any atom is 0.119 e. The van der Waals surface area contributed by atoms with E-state index in [1.807, 2.05) is 12.1 Å². The number of ether oxygens (including phenoxy) is 1. The van der Waals surface area contributed by atoms with Crippen LogP contribution in [-0.4, -0.2) is 11.7 Å². The van der Waals surface area contributed by atoms with Crippen LogP contribution in [0.25, 0.3) is 0 Å². The Morgan fingerprint density at radius 1 is 1.40 bits per heavy atom. The average molecular weight is 204 g/mol. The molecule has 2 nitrogen and oxygen atoms in total. The van der Waals surface area contributed by atoms with Gasteiger partial charge in [-0.1, -0.05) is 13.0 Å². The van der Waals surface area contributed by atoms with Gasteiger partial charge in [0.2, 0.25) is 0 Å². The van der Waals surface area contributed by atoms with Crippen molar-refractivity contribution in [2.24, 2.45) is 0 Å². The van der Waals surface area contributed by atoms with Crippen LogP contribution in [0.1, 0.15) is 36.5 Å². The average Bonchev–Trinajstić information content (AvgIpc) is 2.99. The Balaban J connectivity index is 2.21. The molecule has 0 radical (unpaired) electrons. The van der Waals surface area contributed by atoms with Gasteiger partial charge in [-0.15, -0.1) is 0 Å². The van der Waals surface area contributed by atoms with Gasteiger partial charge in [-0.2, -0.15) is 0 Å². The molecule has 1 aromatic rings. The Kier molecular flexibility index (Phi) is 1.84. The van der Waals surface area contributed by atoms with Crippen molar-refractivity contribution in [2.75, 3.05) is 6.61 Å². The summed E-state index contributed by atoms with van der Waals surface area (Å²) in [6.45, 7) is 3.62. The van der Waals surface area contributed by atoms with Crippen LogP contribution < -0.4 is 0 Å². The summed E-state index contributed by atoms with van der Waals surface area (Å²) >= 11 is 0. The molecule has 1 N–H and O–H groups in total. The number of phenols is 1. The van der Waals surface area contributed by atoms with E-state index in [4.69, 9.17) is 4.74 Å². The van der Waals surface area contributed by atoms with Gasteiger partial charge < -0.3 is 9.84 Å². The lowest BCUT2D eigenvalue weighted by Gasteiger charge is -2.28. The van der Waals surface area contributed by atoms with Crippen molar-refractivity contribution in [3.8, 4) is 5.75 Å². The minimum Gasteiger partial charge on any atom is -0.508 e. The Hall–Kier alpha value is -1.02. The Morgan fingerprint density at radius 3 is 2.87 bits per heavy atom. The molecule has 1 fully saturated rings. The van der Waals surface area contributed by atoms with E-state index in [1.54, 1.807) is 0 Å². The normalized spacial score (nSPS) is 21.4. The van der Waals surface area contributed by atoms with E-state index in [1.165, 1.54) is 29.5 Å². The third-order valence-corrected chi connectivity index (χ3v) is 3.78. The summed E-state index contributed by atoms with van der Waals surface area (Å²) in [4.78, 5) is 0. The number of hydrogen-bond acceptors (Lipinski definition) is 2. The molecule has 15 heavy (non-hydrogen) atoms. The standard InChI is InChI=1S/C13H16O2/c1-2-9-3-4-11(14)12-10(9)7-15-8-13(12)5-6-13/h3-4,14H,2,5-8H2,1H3. The number of hydrogen-bond donors (Lipinski definition) is 1. The first-order chi connectivity index (χ1) is 7.27. The summed E-state index contributed by atoms with van der Waals surface area (Å²) in [5.74, 6) is 0.475. The first-order valence-corrected chi connectivity index (χ1v) is 5.69. The molecule has 1 spiro atoms. The van der Waals surface area contributed by atoms with E-state index < -0.39 is 0 Å². The monoisotopic (exact) mass is 204 g/mol. The molecule has 1 aromatic carbocycles. The number of fused-ring (bicyclic) bond motifs is 2. The van der Waals surface area contributed by atoms with Crippen LogP contribution in [0.15, 0.2) is 12.1 Å².